The number of ketones is 1. The van der Waals surface area contributed by atoms with Crippen molar-refractivity contribution in [3.05, 3.63) is 34.4 Å². The summed E-state index contributed by atoms with van der Waals surface area (Å²) in [4.78, 5) is 16.1. The number of hydrogen-bond acceptors (Lipinski definition) is 1. The van der Waals surface area contributed by atoms with E-state index in [9.17, 15) is 4.79 Å². The summed E-state index contributed by atoms with van der Waals surface area (Å²) in [6.07, 6.45) is 6.06. The molecule has 1 N–H and O–H groups in total. The van der Waals surface area contributed by atoms with Gasteiger partial charge in [-0.2, -0.15) is 0 Å². The molecule has 3 aliphatic rings. The van der Waals surface area contributed by atoms with Crippen LogP contribution < -0.4 is 0 Å². The Balaban J connectivity index is 1.52. The summed E-state index contributed by atoms with van der Waals surface area (Å²) in [5, 5.41) is 1.08. The SMILES string of the molecule is O=C(c1c[nH]c2cc(Br)ccc12)C1C2C3CCC(C3)C12. The first-order valence-corrected chi connectivity index (χ1v) is 8.34. The first-order chi connectivity index (χ1) is 9.74. The summed E-state index contributed by atoms with van der Waals surface area (Å²) in [7, 11) is 0. The molecule has 1 aromatic heterocycles. The van der Waals surface area contributed by atoms with Gasteiger partial charge < -0.3 is 4.98 Å². The molecule has 2 nitrogen and oxygen atoms in total. The lowest BCUT2D eigenvalue weighted by atomic mass is 9.96. The molecule has 1 aromatic carbocycles. The molecule has 3 fully saturated rings. The Morgan fingerprint density at radius 2 is 1.95 bits per heavy atom. The van der Waals surface area contributed by atoms with Gasteiger partial charge >= 0.3 is 0 Å². The number of aromatic nitrogens is 1. The molecule has 2 aromatic rings. The quantitative estimate of drug-likeness (QED) is 0.813. The van der Waals surface area contributed by atoms with Gasteiger partial charge in [0.15, 0.2) is 5.78 Å². The molecule has 4 unspecified atom stereocenters. The molecule has 0 saturated heterocycles. The number of aromatic amines is 1. The summed E-state index contributed by atoms with van der Waals surface area (Å²) >= 11 is 3.48. The summed E-state index contributed by atoms with van der Waals surface area (Å²) < 4.78 is 1.05. The van der Waals surface area contributed by atoms with Gasteiger partial charge in [0.25, 0.3) is 0 Å². The Hall–Kier alpha value is -1.09. The maximum atomic E-state index is 12.9. The molecule has 0 amide bonds. The fourth-order valence-electron chi connectivity index (χ4n) is 5.16. The van der Waals surface area contributed by atoms with Crippen LogP contribution in [0.25, 0.3) is 10.9 Å². The lowest BCUT2D eigenvalue weighted by molar-refractivity contribution is 0.0946. The molecule has 4 atom stereocenters. The van der Waals surface area contributed by atoms with Gasteiger partial charge in [0.05, 0.1) is 0 Å². The Kier molecular flexibility index (Phi) is 2.17. The highest BCUT2D eigenvalue weighted by molar-refractivity contribution is 9.10. The van der Waals surface area contributed by atoms with Gasteiger partial charge in [0.1, 0.15) is 0 Å². The number of hydrogen-bond donors (Lipinski definition) is 1. The fourth-order valence-corrected chi connectivity index (χ4v) is 5.52. The van der Waals surface area contributed by atoms with Gasteiger partial charge in [-0.25, -0.2) is 0 Å². The Morgan fingerprint density at radius 1 is 1.20 bits per heavy atom. The van der Waals surface area contributed by atoms with Crippen LogP contribution in [-0.4, -0.2) is 10.8 Å². The normalized spacial score (nSPS) is 37.4. The average Bonchev–Trinajstić information content (AvgIpc) is 2.80. The molecule has 3 heteroatoms. The maximum Gasteiger partial charge on any atom is 0.168 e. The highest BCUT2D eigenvalue weighted by Gasteiger charge is 2.67. The molecular weight excluding hydrogens is 314 g/mol. The van der Waals surface area contributed by atoms with E-state index in [-0.39, 0.29) is 0 Å². The van der Waals surface area contributed by atoms with Crippen LogP contribution in [0.5, 0.6) is 0 Å². The summed E-state index contributed by atoms with van der Waals surface area (Å²) in [6.45, 7) is 0. The van der Waals surface area contributed by atoms with Crippen molar-refractivity contribution in [3.8, 4) is 0 Å². The molecule has 0 aliphatic heterocycles. The van der Waals surface area contributed by atoms with E-state index in [2.05, 4.69) is 27.0 Å². The third-order valence-corrected chi connectivity index (χ3v) is 6.44. The molecular formula is C17H16BrNO. The molecule has 102 valence electrons. The zero-order valence-corrected chi connectivity index (χ0v) is 12.7. The number of carbonyl (C=O) groups excluding carboxylic acids is 1. The van der Waals surface area contributed by atoms with E-state index in [0.29, 0.717) is 11.7 Å². The van der Waals surface area contributed by atoms with Crippen molar-refractivity contribution in [2.45, 2.75) is 19.3 Å². The Bertz CT molecular complexity index is 718. The van der Waals surface area contributed by atoms with Crippen LogP contribution >= 0.6 is 15.9 Å². The van der Waals surface area contributed by atoms with Gasteiger partial charge in [-0.15, -0.1) is 0 Å². The minimum absolute atomic E-state index is 0.337. The van der Waals surface area contributed by atoms with Gasteiger partial charge in [-0.1, -0.05) is 22.0 Å². The van der Waals surface area contributed by atoms with Crippen molar-refractivity contribution in [2.75, 3.05) is 0 Å². The number of halogens is 1. The first kappa shape index (κ1) is 11.6. The molecule has 3 aliphatic carbocycles. The van der Waals surface area contributed by atoms with E-state index in [0.717, 1.165) is 44.6 Å². The largest absolute Gasteiger partial charge is 0.360 e. The van der Waals surface area contributed by atoms with Gasteiger partial charge in [-0.3, -0.25) is 4.79 Å². The standard InChI is InChI=1S/C17H16BrNO/c18-10-3-4-11-12(7-19-13(11)6-10)17(20)16-14-8-1-2-9(5-8)15(14)16/h3-4,6-9,14-16,19H,1-2,5H2. The van der Waals surface area contributed by atoms with Crippen molar-refractivity contribution in [1.82, 2.24) is 4.98 Å². The zero-order chi connectivity index (χ0) is 13.4. The predicted octanol–water partition coefficient (Wildman–Crippen LogP) is 4.41. The van der Waals surface area contributed by atoms with E-state index >= 15 is 0 Å². The van der Waals surface area contributed by atoms with E-state index < -0.39 is 0 Å². The van der Waals surface area contributed by atoms with Crippen molar-refractivity contribution in [3.63, 3.8) is 0 Å². The first-order valence-electron chi connectivity index (χ1n) is 7.55. The zero-order valence-electron chi connectivity index (χ0n) is 11.1. The van der Waals surface area contributed by atoms with E-state index in [1.165, 1.54) is 19.3 Å². The summed E-state index contributed by atoms with van der Waals surface area (Å²) in [5.74, 6) is 3.90. The Labute approximate surface area is 126 Å². The van der Waals surface area contributed by atoms with Gasteiger partial charge in [0, 0.05) is 33.1 Å². The molecule has 0 radical (unpaired) electrons. The van der Waals surface area contributed by atoms with Crippen molar-refractivity contribution in [2.24, 2.45) is 29.6 Å². The number of fused-ring (bicyclic) bond motifs is 6. The molecule has 0 spiro atoms. The van der Waals surface area contributed by atoms with E-state index in [1.54, 1.807) is 0 Å². The lowest BCUT2D eigenvalue weighted by Crippen LogP contribution is -2.09. The number of rotatable bonds is 2. The topological polar surface area (TPSA) is 32.9 Å². The summed E-state index contributed by atoms with van der Waals surface area (Å²) in [5.41, 5.74) is 1.96. The second kappa shape index (κ2) is 3.76. The van der Waals surface area contributed by atoms with Crippen molar-refractivity contribution in [1.29, 1.82) is 0 Å². The monoisotopic (exact) mass is 329 g/mol. The van der Waals surface area contributed by atoms with Crippen molar-refractivity contribution >= 4 is 32.6 Å². The highest BCUT2D eigenvalue weighted by atomic mass is 79.9. The molecule has 3 saturated carbocycles. The molecule has 2 bridgehead atoms. The molecule has 5 rings (SSSR count). The maximum absolute atomic E-state index is 12.9. The van der Waals surface area contributed by atoms with Crippen LogP contribution in [0.2, 0.25) is 0 Å². The highest BCUT2D eigenvalue weighted by Crippen LogP contribution is 2.70. The number of nitrogens with one attached hydrogen (secondary N) is 1. The van der Waals surface area contributed by atoms with E-state index in [4.69, 9.17) is 0 Å². The number of Topliss-reactive ketones (excluding diaryl/α,β-unsaturated/α-hetero) is 1. The third kappa shape index (κ3) is 1.37. The smallest absolute Gasteiger partial charge is 0.168 e. The molecule has 1 heterocycles. The lowest BCUT2D eigenvalue weighted by Gasteiger charge is -2.07. The van der Waals surface area contributed by atoms with Crippen LogP contribution in [0.1, 0.15) is 29.6 Å². The number of benzene rings is 1. The summed E-state index contributed by atoms with van der Waals surface area (Å²) in [6, 6.07) is 6.11. The van der Waals surface area contributed by atoms with Crippen LogP contribution in [0.4, 0.5) is 0 Å². The minimum Gasteiger partial charge on any atom is -0.360 e. The fraction of sp³-hybridized carbons (Fsp3) is 0.471. The van der Waals surface area contributed by atoms with Crippen LogP contribution in [-0.2, 0) is 0 Å². The number of carbonyl (C=O) groups is 1. The predicted molar refractivity (Wildman–Crippen MR) is 81.6 cm³/mol. The second-order valence-electron chi connectivity index (χ2n) is 6.77. The van der Waals surface area contributed by atoms with E-state index in [1.807, 2.05) is 18.3 Å². The van der Waals surface area contributed by atoms with Crippen LogP contribution in [0, 0.1) is 29.6 Å². The number of H-pyrrole nitrogens is 1. The van der Waals surface area contributed by atoms with Gasteiger partial charge in [-0.05, 0) is 55.1 Å². The molecule has 20 heavy (non-hydrogen) atoms. The van der Waals surface area contributed by atoms with Crippen LogP contribution in [0.3, 0.4) is 0 Å². The third-order valence-electron chi connectivity index (χ3n) is 5.95. The average molecular weight is 330 g/mol. The van der Waals surface area contributed by atoms with Crippen LogP contribution in [0.15, 0.2) is 28.9 Å². The second-order valence-corrected chi connectivity index (χ2v) is 7.69. The van der Waals surface area contributed by atoms with Gasteiger partial charge in [0.2, 0.25) is 0 Å². The Morgan fingerprint density at radius 3 is 2.70 bits per heavy atom. The van der Waals surface area contributed by atoms with Crippen molar-refractivity contribution < 1.29 is 4.79 Å². The minimum atomic E-state index is 0.337.